The molecule has 180 valence electrons. The second-order valence-corrected chi connectivity index (χ2v) is 8.91. The summed E-state index contributed by atoms with van der Waals surface area (Å²) in [6.07, 6.45) is 1.56. The van der Waals surface area contributed by atoms with Gasteiger partial charge in [-0.1, -0.05) is 35.5 Å². The number of fused-ring (bicyclic) bond motifs is 1. The van der Waals surface area contributed by atoms with Crippen molar-refractivity contribution in [3.8, 4) is 22.8 Å². The summed E-state index contributed by atoms with van der Waals surface area (Å²) >= 11 is 0. The maximum Gasteiger partial charge on any atom is 0.263 e. The summed E-state index contributed by atoms with van der Waals surface area (Å²) in [6, 6.07) is 16.9. The molecule has 0 atom stereocenters. The van der Waals surface area contributed by atoms with Crippen LogP contribution >= 0.6 is 0 Å². The number of pyridine rings is 2. The summed E-state index contributed by atoms with van der Waals surface area (Å²) in [5.74, 6) is 0.233. The van der Waals surface area contributed by atoms with Gasteiger partial charge in [-0.2, -0.15) is 4.98 Å². The van der Waals surface area contributed by atoms with Crippen molar-refractivity contribution in [2.75, 3.05) is 5.32 Å². The van der Waals surface area contributed by atoms with E-state index in [2.05, 4.69) is 20.4 Å². The van der Waals surface area contributed by atoms with Gasteiger partial charge in [-0.15, -0.1) is 0 Å². The molecule has 3 aromatic heterocycles. The SMILES string of the molecule is Cc1ccc2c(=O)c(-c3nc(-c4ccccc4C)no3)cn(CC(=O)Nc3ccc(C)c(C)c3)c2n1. The van der Waals surface area contributed by atoms with Crippen LogP contribution < -0.4 is 10.7 Å². The fourth-order valence-corrected chi connectivity index (χ4v) is 4.07. The van der Waals surface area contributed by atoms with Crippen LogP contribution in [0.3, 0.4) is 0 Å². The van der Waals surface area contributed by atoms with Gasteiger partial charge in [0.15, 0.2) is 0 Å². The monoisotopic (exact) mass is 479 g/mol. The molecule has 0 aliphatic rings. The number of carbonyl (C=O) groups excluding carboxylic acids is 1. The van der Waals surface area contributed by atoms with E-state index in [1.165, 1.54) is 0 Å². The Bertz CT molecular complexity index is 1680. The molecule has 5 aromatic rings. The molecular formula is C28H25N5O3. The normalized spacial score (nSPS) is 11.1. The quantitative estimate of drug-likeness (QED) is 0.381. The highest BCUT2D eigenvalue weighted by Crippen LogP contribution is 2.24. The number of nitrogens with one attached hydrogen (secondary N) is 1. The van der Waals surface area contributed by atoms with Crippen molar-refractivity contribution in [1.29, 1.82) is 0 Å². The highest BCUT2D eigenvalue weighted by molar-refractivity contribution is 5.92. The largest absolute Gasteiger partial charge is 0.333 e. The fraction of sp³-hybridized carbons (Fsp3) is 0.179. The first kappa shape index (κ1) is 23.2. The predicted molar refractivity (Wildman–Crippen MR) is 139 cm³/mol. The van der Waals surface area contributed by atoms with Gasteiger partial charge in [-0.3, -0.25) is 9.59 Å². The Morgan fingerprint density at radius 1 is 0.917 bits per heavy atom. The van der Waals surface area contributed by atoms with Gasteiger partial charge in [0, 0.05) is 23.1 Å². The summed E-state index contributed by atoms with van der Waals surface area (Å²) in [5.41, 5.74) is 5.81. The first-order valence-electron chi connectivity index (χ1n) is 11.6. The van der Waals surface area contributed by atoms with Gasteiger partial charge in [0.05, 0.1) is 5.39 Å². The smallest absolute Gasteiger partial charge is 0.263 e. The van der Waals surface area contributed by atoms with Gasteiger partial charge in [-0.25, -0.2) is 4.98 Å². The minimum Gasteiger partial charge on any atom is -0.333 e. The lowest BCUT2D eigenvalue weighted by Crippen LogP contribution is -2.22. The van der Waals surface area contributed by atoms with E-state index in [0.717, 1.165) is 27.9 Å². The van der Waals surface area contributed by atoms with Gasteiger partial charge < -0.3 is 14.4 Å². The van der Waals surface area contributed by atoms with E-state index in [1.54, 1.807) is 22.9 Å². The molecule has 0 bridgehead atoms. The molecule has 0 radical (unpaired) electrons. The molecule has 1 amide bonds. The maximum atomic E-state index is 13.4. The highest BCUT2D eigenvalue weighted by atomic mass is 16.5. The van der Waals surface area contributed by atoms with E-state index in [-0.39, 0.29) is 29.3 Å². The number of hydrogen-bond acceptors (Lipinski definition) is 6. The Morgan fingerprint density at radius 3 is 2.50 bits per heavy atom. The Labute approximate surface area is 207 Å². The van der Waals surface area contributed by atoms with E-state index in [0.29, 0.717) is 22.5 Å². The third-order valence-electron chi connectivity index (χ3n) is 6.21. The van der Waals surface area contributed by atoms with Crippen LogP contribution in [0.4, 0.5) is 5.69 Å². The molecule has 36 heavy (non-hydrogen) atoms. The number of aryl methyl sites for hydroxylation is 4. The molecule has 3 heterocycles. The predicted octanol–water partition coefficient (Wildman–Crippen LogP) is 4.99. The number of anilines is 1. The lowest BCUT2D eigenvalue weighted by Gasteiger charge is -2.13. The Kier molecular flexibility index (Phi) is 5.93. The zero-order valence-electron chi connectivity index (χ0n) is 20.5. The van der Waals surface area contributed by atoms with Gasteiger partial charge >= 0.3 is 0 Å². The molecule has 8 nitrogen and oxygen atoms in total. The standard InChI is InChI=1S/C28H25N5O3/c1-16-9-11-20(13-18(16)3)30-24(34)15-33-14-23(25(35)22-12-10-19(4)29-27(22)33)28-31-26(32-36-28)21-8-6-5-7-17(21)2/h5-14H,15H2,1-4H3,(H,30,34). The first-order chi connectivity index (χ1) is 17.3. The molecule has 2 aromatic carbocycles. The van der Waals surface area contributed by atoms with Crippen molar-refractivity contribution in [1.82, 2.24) is 19.7 Å². The van der Waals surface area contributed by atoms with E-state index >= 15 is 0 Å². The molecule has 1 N–H and O–H groups in total. The van der Waals surface area contributed by atoms with Crippen LogP contribution in [0.5, 0.6) is 0 Å². The molecule has 0 saturated heterocycles. The average Bonchev–Trinajstić information content (AvgIpc) is 3.33. The Balaban J connectivity index is 1.55. The Morgan fingerprint density at radius 2 is 1.72 bits per heavy atom. The molecule has 8 heteroatoms. The molecule has 0 saturated carbocycles. The van der Waals surface area contributed by atoms with E-state index < -0.39 is 0 Å². The van der Waals surface area contributed by atoms with Gasteiger partial charge in [0.25, 0.3) is 5.89 Å². The minimum absolute atomic E-state index is 0.0497. The van der Waals surface area contributed by atoms with Crippen molar-refractivity contribution < 1.29 is 9.32 Å². The lowest BCUT2D eigenvalue weighted by molar-refractivity contribution is -0.116. The summed E-state index contributed by atoms with van der Waals surface area (Å²) < 4.78 is 7.14. The number of carbonyl (C=O) groups is 1. The second kappa shape index (κ2) is 9.22. The third-order valence-corrected chi connectivity index (χ3v) is 6.21. The van der Waals surface area contributed by atoms with Crippen LogP contribution in [-0.2, 0) is 11.3 Å². The van der Waals surface area contributed by atoms with Crippen molar-refractivity contribution in [3.05, 3.63) is 93.4 Å². The summed E-state index contributed by atoms with van der Waals surface area (Å²) in [6.45, 7) is 7.76. The van der Waals surface area contributed by atoms with Crippen LogP contribution in [0.15, 0.2) is 70.1 Å². The van der Waals surface area contributed by atoms with Crippen LogP contribution in [0, 0.1) is 27.7 Å². The van der Waals surface area contributed by atoms with Crippen molar-refractivity contribution >= 4 is 22.6 Å². The molecule has 0 fully saturated rings. The maximum absolute atomic E-state index is 13.4. The fourth-order valence-electron chi connectivity index (χ4n) is 4.07. The number of aromatic nitrogens is 4. The zero-order chi connectivity index (χ0) is 25.4. The number of benzene rings is 2. The molecule has 5 rings (SSSR count). The van der Waals surface area contributed by atoms with E-state index in [1.807, 2.05) is 70.2 Å². The lowest BCUT2D eigenvalue weighted by atomic mass is 10.1. The first-order valence-corrected chi connectivity index (χ1v) is 11.6. The van der Waals surface area contributed by atoms with Crippen molar-refractivity contribution in [2.24, 2.45) is 0 Å². The topological polar surface area (TPSA) is 103 Å². The summed E-state index contributed by atoms with van der Waals surface area (Å²) in [5, 5.41) is 7.39. The van der Waals surface area contributed by atoms with Gasteiger partial charge in [0.1, 0.15) is 17.8 Å². The van der Waals surface area contributed by atoms with Gasteiger partial charge in [0.2, 0.25) is 17.2 Å². The highest BCUT2D eigenvalue weighted by Gasteiger charge is 2.19. The van der Waals surface area contributed by atoms with Crippen LogP contribution in [0.2, 0.25) is 0 Å². The average molecular weight is 480 g/mol. The van der Waals surface area contributed by atoms with Crippen LogP contribution in [0.25, 0.3) is 33.9 Å². The third kappa shape index (κ3) is 4.40. The van der Waals surface area contributed by atoms with E-state index in [9.17, 15) is 9.59 Å². The summed E-state index contributed by atoms with van der Waals surface area (Å²) in [4.78, 5) is 35.4. The van der Waals surface area contributed by atoms with Crippen LogP contribution in [0.1, 0.15) is 22.4 Å². The van der Waals surface area contributed by atoms with Crippen molar-refractivity contribution in [3.63, 3.8) is 0 Å². The van der Waals surface area contributed by atoms with Crippen molar-refractivity contribution in [2.45, 2.75) is 34.2 Å². The Hall–Kier alpha value is -4.59. The minimum atomic E-state index is -0.289. The number of amides is 1. The van der Waals surface area contributed by atoms with E-state index in [4.69, 9.17) is 4.52 Å². The number of rotatable bonds is 5. The molecule has 0 aliphatic carbocycles. The molecule has 0 aliphatic heterocycles. The second-order valence-electron chi connectivity index (χ2n) is 8.91. The molecule has 0 unspecified atom stereocenters. The van der Waals surface area contributed by atoms with Gasteiger partial charge in [-0.05, 0) is 68.7 Å². The number of hydrogen-bond donors (Lipinski definition) is 1. The summed E-state index contributed by atoms with van der Waals surface area (Å²) in [7, 11) is 0. The molecule has 0 spiro atoms. The van der Waals surface area contributed by atoms with Crippen LogP contribution in [-0.4, -0.2) is 25.6 Å². The molecular weight excluding hydrogens is 454 g/mol. The number of nitrogens with zero attached hydrogens (tertiary/aromatic N) is 4. The zero-order valence-corrected chi connectivity index (χ0v) is 20.5.